The molecule has 2 atom stereocenters. The second-order valence-corrected chi connectivity index (χ2v) is 5.52. The summed E-state index contributed by atoms with van der Waals surface area (Å²) in [6.07, 6.45) is 5.28. The molecule has 1 N–H and O–H groups in total. The van der Waals surface area contributed by atoms with Crippen LogP contribution in [0.15, 0.2) is 18.2 Å². The fraction of sp³-hybridized carbons (Fsp3) is 0.625. The number of hydrogen-bond donors (Lipinski definition) is 1. The molecule has 4 nitrogen and oxygen atoms in total. The van der Waals surface area contributed by atoms with Gasteiger partial charge in [0.05, 0.1) is 6.10 Å². The third-order valence-corrected chi connectivity index (χ3v) is 4.18. The van der Waals surface area contributed by atoms with Crippen LogP contribution in [0.1, 0.15) is 31.2 Å². The molecule has 1 heterocycles. The van der Waals surface area contributed by atoms with Crippen LogP contribution in [-0.4, -0.2) is 32.5 Å². The number of benzene rings is 1. The smallest absolute Gasteiger partial charge is 0.161 e. The molecule has 0 amide bonds. The molecule has 110 valence electrons. The number of fused-ring (bicyclic) bond motifs is 1. The number of rotatable bonds is 4. The highest BCUT2D eigenvalue weighted by atomic mass is 16.6. The fourth-order valence-electron chi connectivity index (χ4n) is 3.06. The average Bonchev–Trinajstić information content (AvgIpc) is 2.53. The predicted octanol–water partition coefficient (Wildman–Crippen LogP) is 2.51. The van der Waals surface area contributed by atoms with Gasteiger partial charge < -0.3 is 19.5 Å². The molecule has 1 fully saturated rings. The summed E-state index contributed by atoms with van der Waals surface area (Å²) >= 11 is 0. The molecule has 0 radical (unpaired) electrons. The van der Waals surface area contributed by atoms with Crippen LogP contribution in [0.5, 0.6) is 11.5 Å². The van der Waals surface area contributed by atoms with Crippen molar-refractivity contribution in [2.24, 2.45) is 0 Å². The molecule has 4 heteroatoms. The molecule has 1 aliphatic heterocycles. The van der Waals surface area contributed by atoms with Gasteiger partial charge in [-0.2, -0.15) is 0 Å². The Bertz CT molecular complexity index is 449. The standard InChI is InChI=1S/C16H23NO3/c1-18-14-5-3-2-4-13(14)17-11-12-6-7-15-16(10-12)20-9-8-19-15/h6-7,10,13-14,17H,2-5,8-9,11H2,1H3. The Hall–Kier alpha value is -1.26. The minimum Gasteiger partial charge on any atom is -0.486 e. The second kappa shape index (κ2) is 6.46. The van der Waals surface area contributed by atoms with Crippen LogP contribution in [0.4, 0.5) is 0 Å². The van der Waals surface area contributed by atoms with Crippen LogP contribution < -0.4 is 14.8 Å². The number of nitrogens with one attached hydrogen (secondary N) is 1. The van der Waals surface area contributed by atoms with Crippen molar-refractivity contribution >= 4 is 0 Å². The maximum Gasteiger partial charge on any atom is 0.161 e. The summed E-state index contributed by atoms with van der Waals surface area (Å²) in [7, 11) is 1.81. The molecule has 0 saturated heterocycles. The van der Waals surface area contributed by atoms with E-state index in [1.165, 1.54) is 24.8 Å². The first-order valence-electron chi connectivity index (χ1n) is 7.51. The van der Waals surface area contributed by atoms with E-state index in [4.69, 9.17) is 14.2 Å². The van der Waals surface area contributed by atoms with Gasteiger partial charge in [-0.05, 0) is 30.5 Å². The molecular formula is C16H23NO3. The summed E-state index contributed by atoms with van der Waals surface area (Å²) in [4.78, 5) is 0. The summed E-state index contributed by atoms with van der Waals surface area (Å²) in [6, 6.07) is 6.64. The van der Waals surface area contributed by atoms with E-state index in [1.807, 2.05) is 13.2 Å². The number of hydrogen-bond acceptors (Lipinski definition) is 4. The van der Waals surface area contributed by atoms with E-state index >= 15 is 0 Å². The molecule has 20 heavy (non-hydrogen) atoms. The maximum absolute atomic E-state index is 5.62. The summed E-state index contributed by atoms with van der Waals surface area (Å²) in [5.41, 5.74) is 1.23. The van der Waals surface area contributed by atoms with Crippen LogP contribution in [0.2, 0.25) is 0 Å². The van der Waals surface area contributed by atoms with E-state index in [9.17, 15) is 0 Å². The summed E-state index contributed by atoms with van der Waals surface area (Å²) in [5, 5.41) is 3.62. The molecule has 1 aromatic carbocycles. The topological polar surface area (TPSA) is 39.7 Å². The molecule has 1 saturated carbocycles. The third-order valence-electron chi connectivity index (χ3n) is 4.18. The minimum absolute atomic E-state index is 0.348. The summed E-state index contributed by atoms with van der Waals surface area (Å²) in [6.45, 7) is 2.13. The molecule has 0 bridgehead atoms. The van der Waals surface area contributed by atoms with Crippen molar-refractivity contribution in [1.82, 2.24) is 5.32 Å². The lowest BCUT2D eigenvalue weighted by atomic mass is 9.92. The van der Waals surface area contributed by atoms with Gasteiger partial charge in [-0.15, -0.1) is 0 Å². The Balaban J connectivity index is 1.60. The quantitative estimate of drug-likeness (QED) is 0.918. The first kappa shape index (κ1) is 13.7. The molecule has 0 aromatic heterocycles. The normalized spacial score (nSPS) is 25.4. The van der Waals surface area contributed by atoms with Gasteiger partial charge in [0.2, 0.25) is 0 Å². The van der Waals surface area contributed by atoms with E-state index in [0.29, 0.717) is 25.4 Å². The fourth-order valence-corrected chi connectivity index (χ4v) is 3.06. The van der Waals surface area contributed by atoms with Crippen LogP contribution in [0.25, 0.3) is 0 Å². The zero-order chi connectivity index (χ0) is 13.8. The summed E-state index contributed by atoms with van der Waals surface area (Å²) < 4.78 is 16.7. The van der Waals surface area contributed by atoms with E-state index < -0.39 is 0 Å². The van der Waals surface area contributed by atoms with Crippen LogP contribution in [-0.2, 0) is 11.3 Å². The lowest BCUT2D eigenvalue weighted by Crippen LogP contribution is -2.42. The third kappa shape index (κ3) is 3.07. The van der Waals surface area contributed by atoms with Gasteiger partial charge in [0, 0.05) is 19.7 Å². The highest BCUT2D eigenvalue weighted by Crippen LogP contribution is 2.31. The Labute approximate surface area is 120 Å². The van der Waals surface area contributed by atoms with E-state index in [0.717, 1.165) is 24.5 Å². The van der Waals surface area contributed by atoms with E-state index in [1.54, 1.807) is 0 Å². The van der Waals surface area contributed by atoms with Gasteiger partial charge in [-0.3, -0.25) is 0 Å². The average molecular weight is 277 g/mol. The van der Waals surface area contributed by atoms with Gasteiger partial charge in [-0.1, -0.05) is 18.9 Å². The van der Waals surface area contributed by atoms with Gasteiger partial charge in [-0.25, -0.2) is 0 Å². The van der Waals surface area contributed by atoms with Gasteiger partial charge >= 0.3 is 0 Å². The molecule has 3 rings (SSSR count). The van der Waals surface area contributed by atoms with Crippen molar-refractivity contribution in [2.45, 2.75) is 44.4 Å². The van der Waals surface area contributed by atoms with Crippen LogP contribution in [0.3, 0.4) is 0 Å². The largest absolute Gasteiger partial charge is 0.486 e. The van der Waals surface area contributed by atoms with Crippen molar-refractivity contribution in [2.75, 3.05) is 20.3 Å². The maximum atomic E-state index is 5.62. The lowest BCUT2D eigenvalue weighted by molar-refractivity contribution is 0.0413. The highest BCUT2D eigenvalue weighted by molar-refractivity contribution is 5.43. The van der Waals surface area contributed by atoms with Gasteiger partial charge in [0.15, 0.2) is 11.5 Å². The Morgan fingerprint density at radius 1 is 1.15 bits per heavy atom. The van der Waals surface area contributed by atoms with Crippen molar-refractivity contribution in [3.05, 3.63) is 23.8 Å². The molecule has 2 aliphatic rings. The van der Waals surface area contributed by atoms with Crippen molar-refractivity contribution in [3.63, 3.8) is 0 Å². The first-order valence-corrected chi connectivity index (χ1v) is 7.51. The van der Waals surface area contributed by atoms with Crippen molar-refractivity contribution < 1.29 is 14.2 Å². The molecule has 2 unspecified atom stereocenters. The first-order chi connectivity index (χ1) is 9.86. The molecular weight excluding hydrogens is 254 g/mol. The van der Waals surface area contributed by atoms with Crippen LogP contribution >= 0.6 is 0 Å². The van der Waals surface area contributed by atoms with Gasteiger partial charge in [0.25, 0.3) is 0 Å². The monoisotopic (exact) mass is 277 g/mol. The lowest BCUT2D eigenvalue weighted by Gasteiger charge is -2.31. The van der Waals surface area contributed by atoms with Crippen LogP contribution in [0, 0.1) is 0 Å². The van der Waals surface area contributed by atoms with Crippen molar-refractivity contribution in [1.29, 1.82) is 0 Å². The zero-order valence-corrected chi connectivity index (χ0v) is 12.1. The highest BCUT2D eigenvalue weighted by Gasteiger charge is 2.24. The Kier molecular flexibility index (Phi) is 4.43. The molecule has 0 spiro atoms. The van der Waals surface area contributed by atoms with Gasteiger partial charge in [0.1, 0.15) is 13.2 Å². The minimum atomic E-state index is 0.348. The second-order valence-electron chi connectivity index (χ2n) is 5.52. The van der Waals surface area contributed by atoms with Crippen molar-refractivity contribution in [3.8, 4) is 11.5 Å². The molecule has 1 aliphatic carbocycles. The predicted molar refractivity (Wildman–Crippen MR) is 77.3 cm³/mol. The SMILES string of the molecule is COC1CCCCC1NCc1ccc2c(c1)OCCO2. The summed E-state index contributed by atoms with van der Waals surface area (Å²) in [5.74, 6) is 1.72. The Morgan fingerprint density at radius 2 is 1.95 bits per heavy atom. The molecule has 1 aromatic rings. The van der Waals surface area contributed by atoms with E-state index in [2.05, 4.69) is 17.4 Å². The Morgan fingerprint density at radius 3 is 2.80 bits per heavy atom. The number of methoxy groups -OCH3 is 1. The van der Waals surface area contributed by atoms with E-state index in [-0.39, 0.29) is 0 Å². The number of ether oxygens (including phenoxy) is 3. The zero-order valence-electron chi connectivity index (χ0n) is 12.1.